The van der Waals surface area contributed by atoms with E-state index < -0.39 is 12.0 Å². The summed E-state index contributed by atoms with van der Waals surface area (Å²) in [6.45, 7) is 2.58. The number of aliphatic hydroxyl groups is 1. The maximum atomic E-state index is 11.5. The summed E-state index contributed by atoms with van der Waals surface area (Å²) >= 11 is 1.63. The third-order valence-corrected chi connectivity index (χ3v) is 5.18. The predicted octanol–water partition coefficient (Wildman–Crippen LogP) is -0.557. The zero-order chi connectivity index (χ0) is 19.9. The minimum absolute atomic E-state index is 0. The fourth-order valence-electron chi connectivity index (χ4n) is 2.91. The Morgan fingerprint density at radius 2 is 1.90 bits per heavy atom. The zero-order valence-corrected chi connectivity index (χ0v) is 19.4. The van der Waals surface area contributed by atoms with Gasteiger partial charge in [0.1, 0.15) is 0 Å². The van der Waals surface area contributed by atoms with Crippen molar-refractivity contribution in [1.82, 2.24) is 9.55 Å². The molecule has 0 aliphatic carbocycles. The number of carboxylic acids is 1. The van der Waals surface area contributed by atoms with Gasteiger partial charge in [-0.25, -0.2) is 4.98 Å². The van der Waals surface area contributed by atoms with Crippen LogP contribution in [0.1, 0.15) is 29.8 Å². The molecule has 0 radical (unpaired) electrons. The van der Waals surface area contributed by atoms with Crippen molar-refractivity contribution in [3.63, 3.8) is 0 Å². The molecule has 0 fully saturated rings. The number of benzene rings is 2. The molecule has 0 spiro atoms. The molecule has 29 heavy (non-hydrogen) atoms. The van der Waals surface area contributed by atoms with Crippen molar-refractivity contribution >= 4 is 23.4 Å². The molecule has 2 N–H and O–H groups in total. The molecule has 0 saturated carbocycles. The molecule has 0 bridgehead atoms. The minimum atomic E-state index is -1.18. The second kappa shape index (κ2) is 11.4. The Labute approximate surface area is 196 Å². The minimum Gasteiger partial charge on any atom is -0.548 e. The average molecular weight is 419 g/mol. The van der Waals surface area contributed by atoms with Crippen molar-refractivity contribution in [3.05, 3.63) is 77.6 Å². The first kappa shape index (κ1) is 23.5. The Balaban J connectivity index is 0.00000300. The number of thioether (sulfide) groups is 1. The molecule has 3 rings (SSSR count). The van der Waals surface area contributed by atoms with Gasteiger partial charge in [0, 0.05) is 12.2 Å². The molecule has 1 aromatic heterocycles. The normalized spacial score (nSPS) is 11.5. The third-order valence-electron chi connectivity index (χ3n) is 4.31. The molecule has 3 aromatic rings. The van der Waals surface area contributed by atoms with E-state index >= 15 is 0 Å². The van der Waals surface area contributed by atoms with Gasteiger partial charge in [0.15, 0.2) is 5.16 Å². The second-order valence-electron chi connectivity index (χ2n) is 6.21. The molecule has 0 aliphatic rings. The number of carbonyl (C=O) groups excluding carboxylic acids is 1. The predicted molar refractivity (Wildman–Crippen MR) is 108 cm³/mol. The van der Waals surface area contributed by atoms with Gasteiger partial charge in [-0.1, -0.05) is 61.2 Å². The molecule has 8 heteroatoms. The van der Waals surface area contributed by atoms with Gasteiger partial charge in [-0.15, -0.1) is 0 Å². The van der Waals surface area contributed by atoms with Crippen LogP contribution >= 0.6 is 11.8 Å². The SMILES string of the molecule is CCSc1ncc(CO)n1Cc1ccc(NC(C(=O)[O-])c2ccccc2)cc1.[Na+]. The first-order valence-corrected chi connectivity index (χ1v) is 10.00. The monoisotopic (exact) mass is 419 g/mol. The van der Waals surface area contributed by atoms with Crippen molar-refractivity contribution in [2.45, 2.75) is 31.3 Å². The molecule has 1 atom stereocenters. The molecular weight excluding hydrogens is 397 g/mol. The first-order valence-electron chi connectivity index (χ1n) is 9.01. The largest absolute Gasteiger partial charge is 1.00 e. The number of nitrogens with one attached hydrogen (secondary N) is 1. The second-order valence-corrected chi connectivity index (χ2v) is 7.44. The smallest absolute Gasteiger partial charge is 0.548 e. The number of hydrogen-bond donors (Lipinski definition) is 2. The van der Waals surface area contributed by atoms with E-state index in [1.807, 2.05) is 34.9 Å². The van der Waals surface area contributed by atoms with Gasteiger partial charge in [0.25, 0.3) is 0 Å². The van der Waals surface area contributed by atoms with E-state index in [0.717, 1.165) is 22.2 Å². The Morgan fingerprint density at radius 1 is 1.21 bits per heavy atom. The van der Waals surface area contributed by atoms with Crippen LogP contribution in [0.5, 0.6) is 0 Å². The number of anilines is 1. The topological polar surface area (TPSA) is 90.2 Å². The number of aliphatic hydroxyl groups excluding tert-OH is 1. The summed E-state index contributed by atoms with van der Waals surface area (Å²) in [5.74, 6) is -0.281. The van der Waals surface area contributed by atoms with E-state index in [1.54, 1.807) is 42.2 Å². The van der Waals surface area contributed by atoms with E-state index in [1.165, 1.54) is 0 Å². The number of carbonyl (C=O) groups is 1. The van der Waals surface area contributed by atoms with Crippen LogP contribution in [0.15, 0.2) is 66.0 Å². The molecule has 1 heterocycles. The number of aromatic nitrogens is 2. The Hall–Kier alpha value is -1.77. The zero-order valence-electron chi connectivity index (χ0n) is 16.5. The average Bonchev–Trinajstić information content (AvgIpc) is 3.09. The van der Waals surface area contributed by atoms with Crippen molar-refractivity contribution in [2.24, 2.45) is 0 Å². The van der Waals surface area contributed by atoms with Gasteiger partial charge in [0.2, 0.25) is 0 Å². The Kier molecular flexibility index (Phi) is 9.26. The van der Waals surface area contributed by atoms with Crippen LogP contribution < -0.4 is 40.0 Å². The molecule has 0 amide bonds. The van der Waals surface area contributed by atoms with Crippen LogP contribution in [0.25, 0.3) is 0 Å². The number of nitrogens with zero attached hydrogens (tertiary/aromatic N) is 2. The first-order chi connectivity index (χ1) is 13.6. The molecule has 0 aliphatic heterocycles. The number of rotatable bonds is 9. The van der Waals surface area contributed by atoms with E-state index in [4.69, 9.17) is 0 Å². The van der Waals surface area contributed by atoms with Crippen LogP contribution in [-0.2, 0) is 17.9 Å². The van der Waals surface area contributed by atoms with Gasteiger partial charge in [-0.2, -0.15) is 0 Å². The fourth-order valence-corrected chi connectivity index (χ4v) is 3.63. The Morgan fingerprint density at radius 3 is 2.48 bits per heavy atom. The van der Waals surface area contributed by atoms with E-state index in [9.17, 15) is 15.0 Å². The van der Waals surface area contributed by atoms with Crippen LogP contribution in [0.4, 0.5) is 5.69 Å². The quantitative estimate of drug-likeness (QED) is 0.357. The van der Waals surface area contributed by atoms with Crippen molar-refractivity contribution in [2.75, 3.05) is 11.1 Å². The molecular formula is C21H22N3NaO3S. The number of imidazole rings is 1. The summed E-state index contributed by atoms with van der Waals surface area (Å²) in [5, 5.41) is 25.0. The molecule has 6 nitrogen and oxygen atoms in total. The fraction of sp³-hybridized carbons (Fsp3) is 0.238. The van der Waals surface area contributed by atoms with Crippen LogP contribution in [0.2, 0.25) is 0 Å². The number of hydrogen-bond acceptors (Lipinski definition) is 6. The third kappa shape index (κ3) is 6.10. The standard InChI is InChI=1S/C21H23N3O3S.Na/c1-2-28-21-22-12-18(14-25)24(21)13-15-8-10-17(11-9-15)23-19(20(26)27)16-6-4-3-5-7-16;/h3-12,19,23,25H,2,13-14H2,1H3,(H,26,27);/q;+1/p-1. The summed E-state index contributed by atoms with van der Waals surface area (Å²) in [7, 11) is 0. The van der Waals surface area contributed by atoms with Gasteiger partial charge in [-0.05, 0) is 29.0 Å². The summed E-state index contributed by atoms with van der Waals surface area (Å²) in [5.41, 5.74) is 3.12. The molecule has 146 valence electrons. The van der Waals surface area contributed by atoms with Crippen molar-refractivity contribution < 1.29 is 44.6 Å². The van der Waals surface area contributed by atoms with E-state index in [-0.39, 0.29) is 36.2 Å². The van der Waals surface area contributed by atoms with Crippen molar-refractivity contribution in [3.8, 4) is 0 Å². The van der Waals surface area contributed by atoms with E-state index in [0.29, 0.717) is 17.8 Å². The van der Waals surface area contributed by atoms with Crippen LogP contribution in [-0.4, -0.2) is 26.4 Å². The number of carboxylic acid groups (broad SMARTS) is 1. The molecule has 0 saturated heterocycles. The van der Waals surface area contributed by atoms with Crippen LogP contribution in [0, 0.1) is 0 Å². The summed E-state index contributed by atoms with van der Waals surface area (Å²) in [6, 6.07) is 15.6. The molecule has 1 unspecified atom stereocenters. The van der Waals surface area contributed by atoms with Gasteiger partial charge in [0.05, 0.1) is 30.5 Å². The number of aliphatic carboxylic acids is 1. The molecule has 2 aromatic carbocycles. The summed E-state index contributed by atoms with van der Waals surface area (Å²) in [6.07, 6.45) is 1.69. The van der Waals surface area contributed by atoms with Crippen molar-refractivity contribution in [1.29, 1.82) is 0 Å². The summed E-state index contributed by atoms with van der Waals surface area (Å²) in [4.78, 5) is 15.9. The van der Waals surface area contributed by atoms with Gasteiger partial charge < -0.3 is 24.9 Å². The summed E-state index contributed by atoms with van der Waals surface area (Å²) < 4.78 is 1.99. The maximum Gasteiger partial charge on any atom is 1.00 e. The van der Waals surface area contributed by atoms with E-state index in [2.05, 4.69) is 17.2 Å². The maximum absolute atomic E-state index is 11.5. The van der Waals surface area contributed by atoms with Crippen LogP contribution in [0.3, 0.4) is 0 Å². The Bertz CT molecular complexity index is 917. The van der Waals surface area contributed by atoms with Gasteiger partial charge in [-0.3, -0.25) is 0 Å². The van der Waals surface area contributed by atoms with Gasteiger partial charge >= 0.3 is 29.6 Å².